The molecule has 1 aromatic rings. The van der Waals surface area contributed by atoms with E-state index < -0.39 is 0 Å². The van der Waals surface area contributed by atoms with Gasteiger partial charge in [0.2, 0.25) is 5.91 Å². The van der Waals surface area contributed by atoms with Crippen LogP contribution in [0.15, 0.2) is 30.3 Å². The number of carbonyl (C=O) groups is 1. The number of carbonyl (C=O) groups excluding carboxylic acids is 1. The Kier molecular flexibility index (Phi) is 5.06. The van der Waals surface area contributed by atoms with Gasteiger partial charge in [0, 0.05) is 5.92 Å². The number of halogens is 1. The van der Waals surface area contributed by atoms with Crippen LogP contribution in [0.25, 0.3) is 0 Å². The second-order valence-corrected chi connectivity index (χ2v) is 5.82. The normalized spacial score (nSPS) is 21.4. The van der Waals surface area contributed by atoms with Gasteiger partial charge in [-0.05, 0) is 44.3 Å². The number of nitrogens with one attached hydrogen (secondary N) is 2. The molecule has 0 radical (unpaired) electrons. The van der Waals surface area contributed by atoms with Gasteiger partial charge in [-0.1, -0.05) is 36.8 Å². The first kappa shape index (κ1) is 15.3. The maximum atomic E-state index is 12.3. The fourth-order valence-electron chi connectivity index (χ4n) is 3.10. The van der Waals surface area contributed by atoms with E-state index in [0.29, 0.717) is 0 Å². The molecule has 1 heterocycles. The van der Waals surface area contributed by atoms with E-state index in [9.17, 15) is 4.79 Å². The summed E-state index contributed by atoms with van der Waals surface area (Å²) in [5.74, 6) is 0.521. The summed E-state index contributed by atoms with van der Waals surface area (Å²) >= 11 is 0. The largest absolute Gasteiger partial charge is 0.346 e. The molecule has 1 saturated carbocycles. The first-order chi connectivity index (χ1) is 9.30. The van der Waals surface area contributed by atoms with Crippen LogP contribution in [0.2, 0.25) is 0 Å². The summed E-state index contributed by atoms with van der Waals surface area (Å²) in [6.45, 7) is 1.94. The molecular formula is C16H23ClN2O. The van der Waals surface area contributed by atoms with E-state index in [0.717, 1.165) is 38.8 Å². The van der Waals surface area contributed by atoms with Crippen molar-refractivity contribution in [2.75, 3.05) is 13.1 Å². The van der Waals surface area contributed by atoms with Gasteiger partial charge in [0.05, 0.1) is 5.54 Å². The predicted octanol–water partition coefficient (Wildman–Crippen LogP) is 2.60. The van der Waals surface area contributed by atoms with Crippen molar-refractivity contribution in [2.45, 2.75) is 37.6 Å². The third kappa shape index (κ3) is 2.99. The third-order valence-corrected chi connectivity index (χ3v) is 4.62. The van der Waals surface area contributed by atoms with Gasteiger partial charge in [0.25, 0.3) is 0 Å². The van der Waals surface area contributed by atoms with Crippen LogP contribution >= 0.6 is 12.4 Å². The van der Waals surface area contributed by atoms with E-state index >= 15 is 0 Å². The highest BCUT2D eigenvalue weighted by Crippen LogP contribution is 2.33. The van der Waals surface area contributed by atoms with Gasteiger partial charge < -0.3 is 10.6 Å². The number of rotatable bonds is 3. The number of amides is 1. The van der Waals surface area contributed by atoms with Crippen molar-refractivity contribution in [2.24, 2.45) is 5.92 Å². The van der Waals surface area contributed by atoms with Gasteiger partial charge in [-0.25, -0.2) is 0 Å². The van der Waals surface area contributed by atoms with Crippen LogP contribution in [-0.2, 0) is 10.3 Å². The van der Waals surface area contributed by atoms with Gasteiger partial charge >= 0.3 is 0 Å². The van der Waals surface area contributed by atoms with E-state index in [1.807, 2.05) is 6.07 Å². The number of hydrogen-bond acceptors (Lipinski definition) is 2. The Morgan fingerprint density at radius 1 is 1.15 bits per heavy atom. The molecule has 0 spiro atoms. The third-order valence-electron chi connectivity index (χ3n) is 4.62. The molecule has 20 heavy (non-hydrogen) atoms. The molecule has 3 nitrogen and oxygen atoms in total. The van der Waals surface area contributed by atoms with Gasteiger partial charge in [0.1, 0.15) is 0 Å². The van der Waals surface area contributed by atoms with Crippen LogP contribution in [0.4, 0.5) is 0 Å². The minimum Gasteiger partial charge on any atom is -0.346 e. The lowest BCUT2D eigenvalue weighted by molar-refractivity contribution is -0.130. The number of hydrogen-bond donors (Lipinski definition) is 2. The Bertz CT molecular complexity index is 439. The molecule has 0 unspecified atom stereocenters. The maximum absolute atomic E-state index is 12.3. The zero-order valence-electron chi connectivity index (χ0n) is 11.7. The van der Waals surface area contributed by atoms with Crippen molar-refractivity contribution >= 4 is 18.3 Å². The molecule has 2 aliphatic rings. The summed E-state index contributed by atoms with van der Waals surface area (Å²) in [5, 5.41) is 6.76. The van der Waals surface area contributed by atoms with Crippen molar-refractivity contribution in [3.63, 3.8) is 0 Å². The van der Waals surface area contributed by atoms with Crippen LogP contribution in [-0.4, -0.2) is 19.0 Å². The van der Waals surface area contributed by atoms with E-state index in [-0.39, 0.29) is 29.8 Å². The monoisotopic (exact) mass is 294 g/mol. The zero-order chi connectivity index (χ0) is 13.1. The molecule has 4 heteroatoms. The number of benzene rings is 1. The van der Waals surface area contributed by atoms with E-state index in [1.54, 1.807) is 0 Å². The van der Waals surface area contributed by atoms with Gasteiger partial charge in [-0.15, -0.1) is 12.4 Å². The standard InChI is InChI=1S/C16H22N2O.ClH/c19-15(13-5-4-6-13)18-16(9-11-17-12-10-16)14-7-2-1-3-8-14;/h1-3,7-8,13,17H,4-6,9-12H2,(H,18,19);1H. The average molecular weight is 295 g/mol. The Morgan fingerprint density at radius 3 is 2.35 bits per heavy atom. The molecule has 2 fully saturated rings. The summed E-state index contributed by atoms with van der Waals surface area (Å²) in [6, 6.07) is 10.5. The lowest BCUT2D eigenvalue weighted by Crippen LogP contribution is -2.54. The van der Waals surface area contributed by atoms with E-state index in [2.05, 4.69) is 34.9 Å². The molecule has 0 bridgehead atoms. The molecule has 3 rings (SSSR count). The van der Waals surface area contributed by atoms with Gasteiger partial charge in [-0.3, -0.25) is 4.79 Å². The first-order valence-electron chi connectivity index (χ1n) is 7.38. The smallest absolute Gasteiger partial charge is 0.223 e. The van der Waals surface area contributed by atoms with Crippen LogP contribution in [0, 0.1) is 5.92 Å². The van der Waals surface area contributed by atoms with Crippen molar-refractivity contribution in [1.29, 1.82) is 0 Å². The van der Waals surface area contributed by atoms with Crippen LogP contribution in [0.3, 0.4) is 0 Å². The molecule has 1 aliphatic carbocycles. The Labute approximate surface area is 126 Å². The molecule has 110 valence electrons. The molecular weight excluding hydrogens is 272 g/mol. The topological polar surface area (TPSA) is 41.1 Å². The molecule has 1 aromatic carbocycles. The number of piperidine rings is 1. The molecule has 0 aromatic heterocycles. The fourth-order valence-corrected chi connectivity index (χ4v) is 3.10. The molecule has 1 saturated heterocycles. The predicted molar refractivity (Wildman–Crippen MR) is 83.0 cm³/mol. The lowest BCUT2D eigenvalue weighted by Gasteiger charge is -2.41. The minimum absolute atomic E-state index is 0. The summed E-state index contributed by atoms with van der Waals surface area (Å²) in [5.41, 5.74) is 1.10. The van der Waals surface area contributed by atoms with Crippen LogP contribution in [0.5, 0.6) is 0 Å². The highest BCUT2D eigenvalue weighted by atomic mass is 35.5. The molecule has 0 atom stereocenters. The van der Waals surface area contributed by atoms with E-state index in [4.69, 9.17) is 0 Å². The van der Waals surface area contributed by atoms with Crippen molar-refractivity contribution in [1.82, 2.24) is 10.6 Å². The zero-order valence-corrected chi connectivity index (χ0v) is 12.5. The van der Waals surface area contributed by atoms with Crippen LogP contribution < -0.4 is 10.6 Å². The summed E-state index contributed by atoms with van der Waals surface area (Å²) in [4.78, 5) is 12.3. The van der Waals surface area contributed by atoms with E-state index in [1.165, 1.54) is 12.0 Å². The quantitative estimate of drug-likeness (QED) is 0.900. The SMILES string of the molecule is Cl.O=C(NC1(c2ccccc2)CCNCC1)C1CCC1. The Balaban J connectivity index is 0.00000147. The van der Waals surface area contributed by atoms with Crippen molar-refractivity contribution in [3.05, 3.63) is 35.9 Å². The Hall–Kier alpha value is -1.06. The first-order valence-corrected chi connectivity index (χ1v) is 7.38. The highest BCUT2D eigenvalue weighted by Gasteiger charge is 2.37. The second kappa shape index (κ2) is 6.59. The van der Waals surface area contributed by atoms with Crippen molar-refractivity contribution < 1.29 is 4.79 Å². The molecule has 2 N–H and O–H groups in total. The van der Waals surface area contributed by atoms with Gasteiger partial charge in [0.15, 0.2) is 0 Å². The Morgan fingerprint density at radius 2 is 1.80 bits per heavy atom. The summed E-state index contributed by atoms with van der Waals surface area (Å²) < 4.78 is 0. The highest BCUT2D eigenvalue weighted by molar-refractivity contribution is 5.85. The maximum Gasteiger partial charge on any atom is 0.223 e. The average Bonchev–Trinajstić information content (AvgIpc) is 2.38. The van der Waals surface area contributed by atoms with Gasteiger partial charge in [-0.2, -0.15) is 0 Å². The molecule has 1 amide bonds. The van der Waals surface area contributed by atoms with Crippen LogP contribution in [0.1, 0.15) is 37.7 Å². The van der Waals surface area contributed by atoms with Crippen molar-refractivity contribution in [3.8, 4) is 0 Å². The summed E-state index contributed by atoms with van der Waals surface area (Å²) in [7, 11) is 0. The minimum atomic E-state index is -0.154. The fraction of sp³-hybridized carbons (Fsp3) is 0.562. The second-order valence-electron chi connectivity index (χ2n) is 5.82. The lowest BCUT2D eigenvalue weighted by atomic mass is 9.79. The summed E-state index contributed by atoms with van der Waals surface area (Å²) in [6.07, 6.45) is 5.30. The molecule has 1 aliphatic heterocycles.